The molecule has 0 saturated carbocycles. The summed E-state index contributed by atoms with van der Waals surface area (Å²) in [6, 6.07) is 3.81. The maximum atomic E-state index is 5.25. The Balaban J connectivity index is 3.20. The molecular weight excluding hydrogens is 272 g/mol. The first-order chi connectivity index (χ1) is 7.76. The van der Waals surface area contributed by atoms with E-state index < -0.39 is 0 Å². The van der Waals surface area contributed by atoms with Crippen molar-refractivity contribution in [3.63, 3.8) is 0 Å². The summed E-state index contributed by atoms with van der Waals surface area (Å²) in [6.45, 7) is 0. The molecule has 4 heteroatoms. The van der Waals surface area contributed by atoms with Crippen LogP contribution in [-0.2, 0) is 0 Å². The van der Waals surface area contributed by atoms with E-state index in [4.69, 9.17) is 14.2 Å². The van der Waals surface area contributed by atoms with Crippen LogP contribution in [0.4, 0.5) is 0 Å². The maximum absolute atomic E-state index is 5.25. The lowest BCUT2D eigenvalue weighted by atomic mass is 10.1. The summed E-state index contributed by atoms with van der Waals surface area (Å²) in [5.74, 6) is 1.94. The Morgan fingerprint density at radius 2 is 1.62 bits per heavy atom. The van der Waals surface area contributed by atoms with Crippen molar-refractivity contribution < 1.29 is 14.2 Å². The number of allylic oxidation sites excluding steroid dienone is 1. The lowest BCUT2D eigenvalue weighted by Gasteiger charge is -2.12. The van der Waals surface area contributed by atoms with E-state index in [9.17, 15) is 0 Å². The van der Waals surface area contributed by atoms with E-state index in [0.717, 1.165) is 10.9 Å². The van der Waals surface area contributed by atoms with Gasteiger partial charge in [-0.1, -0.05) is 28.1 Å². The van der Waals surface area contributed by atoms with E-state index >= 15 is 0 Å². The summed E-state index contributed by atoms with van der Waals surface area (Å²) >= 11 is 3.33. The fourth-order valence-corrected chi connectivity index (χ4v) is 1.57. The van der Waals surface area contributed by atoms with Crippen molar-refractivity contribution in [1.82, 2.24) is 0 Å². The van der Waals surface area contributed by atoms with E-state index in [2.05, 4.69) is 15.9 Å². The number of rotatable bonds is 5. The average molecular weight is 287 g/mol. The molecule has 0 unspecified atom stereocenters. The molecule has 0 aliphatic rings. The molecule has 0 aliphatic carbocycles. The predicted molar refractivity (Wildman–Crippen MR) is 68.9 cm³/mol. The molecule has 0 spiro atoms. The molecule has 0 bridgehead atoms. The largest absolute Gasteiger partial charge is 0.493 e. The minimum absolute atomic E-state index is 0.612. The van der Waals surface area contributed by atoms with Crippen molar-refractivity contribution in [2.24, 2.45) is 0 Å². The molecule has 0 aliphatic heterocycles. The molecule has 1 aromatic carbocycles. The predicted octanol–water partition coefficient (Wildman–Crippen LogP) is 3.12. The molecule has 0 amide bonds. The van der Waals surface area contributed by atoms with Gasteiger partial charge in [-0.2, -0.15) is 0 Å². The molecule has 88 valence electrons. The second-order valence-corrected chi connectivity index (χ2v) is 3.66. The molecule has 3 nitrogen and oxygen atoms in total. The lowest BCUT2D eigenvalue weighted by molar-refractivity contribution is 0.324. The second-order valence-electron chi connectivity index (χ2n) is 3.02. The molecule has 0 atom stereocenters. The number of methoxy groups -OCH3 is 3. The van der Waals surface area contributed by atoms with Crippen molar-refractivity contribution in [1.29, 1.82) is 0 Å². The van der Waals surface area contributed by atoms with E-state index in [1.807, 2.05) is 24.3 Å². The molecule has 0 saturated heterocycles. The van der Waals surface area contributed by atoms with Crippen LogP contribution in [0.2, 0.25) is 0 Å². The number of benzene rings is 1. The third-order valence-electron chi connectivity index (χ3n) is 2.09. The normalized spacial score (nSPS) is 10.5. The summed E-state index contributed by atoms with van der Waals surface area (Å²) in [4.78, 5) is 0. The molecule has 0 aromatic heterocycles. The molecule has 0 N–H and O–H groups in total. The maximum Gasteiger partial charge on any atom is 0.203 e. The van der Waals surface area contributed by atoms with Gasteiger partial charge in [0.1, 0.15) is 0 Å². The summed E-state index contributed by atoms with van der Waals surface area (Å²) in [5, 5.41) is 0.809. The number of hydrogen-bond donors (Lipinski definition) is 0. The Bertz CT molecular complexity index is 350. The van der Waals surface area contributed by atoms with Crippen LogP contribution < -0.4 is 14.2 Å². The number of ether oxygens (including phenoxy) is 3. The van der Waals surface area contributed by atoms with Gasteiger partial charge < -0.3 is 14.2 Å². The third kappa shape index (κ3) is 2.92. The quantitative estimate of drug-likeness (QED) is 0.779. The van der Waals surface area contributed by atoms with Gasteiger partial charge in [0.05, 0.1) is 21.3 Å². The minimum atomic E-state index is 0.612. The van der Waals surface area contributed by atoms with Crippen LogP contribution in [0.25, 0.3) is 6.08 Å². The average Bonchev–Trinajstić information content (AvgIpc) is 2.34. The SMILES string of the molecule is COc1cc(C=CCBr)cc(OC)c1OC. The number of hydrogen-bond acceptors (Lipinski definition) is 3. The topological polar surface area (TPSA) is 27.7 Å². The standard InChI is InChI=1S/C12H15BrO3/c1-14-10-7-9(5-4-6-13)8-11(15-2)12(10)16-3/h4-5,7-8H,6H2,1-3H3. The Kier molecular flexibility index (Phi) is 5.19. The zero-order valence-corrected chi connectivity index (χ0v) is 11.2. The van der Waals surface area contributed by atoms with E-state index in [-0.39, 0.29) is 0 Å². The van der Waals surface area contributed by atoms with Gasteiger partial charge in [-0.3, -0.25) is 0 Å². The highest BCUT2D eigenvalue weighted by Crippen LogP contribution is 2.38. The van der Waals surface area contributed by atoms with E-state index in [1.165, 1.54) is 0 Å². The monoisotopic (exact) mass is 286 g/mol. The highest BCUT2D eigenvalue weighted by molar-refractivity contribution is 9.09. The molecule has 1 aromatic rings. The Labute approximate surface area is 104 Å². The first-order valence-corrected chi connectivity index (χ1v) is 5.91. The Morgan fingerprint density at radius 3 is 2.00 bits per heavy atom. The fourth-order valence-electron chi connectivity index (χ4n) is 1.38. The van der Waals surface area contributed by atoms with Crippen molar-refractivity contribution in [2.45, 2.75) is 0 Å². The van der Waals surface area contributed by atoms with Gasteiger partial charge in [0.2, 0.25) is 5.75 Å². The van der Waals surface area contributed by atoms with Gasteiger partial charge in [-0.05, 0) is 17.7 Å². The third-order valence-corrected chi connectivity index (χ3v) is 2.46. The number of halogens is 1. The first-order valence-electron chi connectivity index (χ1n) is 4.79. The summed E-state index contributed by atoms with van der Waals surface area (Å²) < 4.78 is 15.7. The van der Waals surface area contributed by atoms with E-state index in [0.29, 0.717) is 17.2 Å². The zero-order valence-electron chi connectivity index (χ0n) is 9.62. The van der Waals surface area contributed by atoms with Crippen LogP contribution in [0, 0.1) is 0 Å². The van der Waals surface area contributed by atoms with Crippen LogP contribution in [-0.4, -0.2) is 26.7 Å². The highest BCUT2D eigenvalue weighted by atomic mass is 79.9. The molecule has 16 heavy (non-hydrogen) atoms. The number of alkyl halides is 1. The van der Waals surface area contributed by atoms with Crippen molar-refractivity contribution in [3.05, 3.63) is 23.8 Å². The molecule has 0 radical (unpaired) electrons. The van der Waals surface area contributed by atoms with E-state index in [1.54, 1.807) is 21.3 Å². The Hall–Kier alpha value is -1.16. The van der Waals surface area contributed by atoms with Crippen LogP contribution in [0.5, 0.6) is 17.2 Å². The van der Waals surface area contributed by atoms with Crippen LogP contribution in [0.15, 0.2) is 18.2 Å². The smallest absolute Gasteiger partial charge is 0.203 e. The molecule has 0 heterocycles. The Morgan fingerprint density at radius 1 is 1.06 bits per heavy atom. The second kappa shape index (κ2) is 6.43. The lowest BCUT2D eigenvalue weighted by Crippen LogP contribution is -1.95. The molecular formula is C12H15BrO3. The van der Waals surface area contributed by atoms with Crippen LogP contribution in [0.3, 0.4) is 0 Å². The summed E-state index contributed by atoms with van der Waals surface area (Å²) in [6.07, 6.45) is 3.99. The fraction of sp³-hybridized carbons (Fsp3) is 0.333. The summed E-state index contributed by atoms with van der Waals surface area (Å²) in [5.41, 5.74) is 1.01. The molecule has 0 fully saturated rings. The van der Waals surface area contributed by atoms with Gasteiger partial charge in [-0.25, -0.2) is 0 Å². The van der Waals surface area contributed by atoms with Gasteiger partial charge in [0.25, 0.3) is 0 Å². The van der Waals surface area contributed by atoms with Gasteiger partial charge >= 0.3 is 0 Å². The van der Waals surface area contributed by atoms with Gasteiger partial charge in [0.15, 0.2) is 11.5 Å². The molecule has 1 rings (SSSR count). The summed E-state index contributed by atoms with van der Waals surface area (Å²) in [7, 11) is 4.80. The minimum Gasteiger partial charge on any atom is -0.493 e. The van der Waals surface area contributed by atoms with Crippen LogP contribution in [0.1, 0.15) is 5.56 Å². The van der Waals surface area contributed by atoms with Crippen molar-refractivity contribution in [3.8, 4) is 17.2 Å². The van der Waals surface area contributed by atoms with Crippen molar-refractivity contribution in [2.75, 3.05) is 26.7 Å². The zero-order chi connectivity index (χ0) is 12.0. The van der Waals surface area contributed by atoms with Crippen LogP contribution >= 0.6 is 15.9 Å². The van der Waals surface area contributed by atoms with Crippen molar-refractivity contribution >= 4 is 22.0 Å². The first kappa shape index (κ1) is 12.9. The van der Waals surface area contributed by atoms with Gasteiger partial charge in [0, 0.05) is 5.33 Å². The highest BCUT2D eigenvalue weighted by Gasteiger charge is 2.11. The van der Waals surface area contributed by atoms with Gasteiger partial charge in [-0.15, -0.1) is 0 Å².